The third kappa shape index (κ3) is 2.49. The van der Waals surface area contributed by atoms with Crippen LogP contribution in [0.15, 0.2) is 30.3 Å². The first-order valence-corrected chi connectivity index (χ1v) is 6.43. The van der Waals surface area contributed by atoms with Gasteiger partial charge in [-0.05, 0) is 36.8 Å². The highest BCUT2D eigenvalue weighted by molar-refractivity contribution is 7.12. The van der Waals surface area contributed by atoms with Crippen LogP contribution in [0.3, 0.4) is 0 Å². The van der Waals surface area contributed by atoms with Gasteiger partial charge in [0.2, 0.25) is 0 Å². The highest BCUT2D eigenvalue weighted by Gasteiger charge is 2.15. The summed E-state index contributed by atoms with van der Waals surface area (Å²) in [6, 6.07) is 9.41. The maximum atomic E-state index is 10.3. The van der Waals surface area contributed by atoms with Crippen LogP contribution < -0.4 is 9.47 Å². The van der Waals surface area contributed by atoms with E-state index in [1.807, 2.05) is 25.1 Å². The van der Waals surface area contributed by atoms with Crippen molar-refractivity contribution in [1.82, 2.24) is 0 Å². The zero-order chi connectivity index (χ0) is 13.1. The molecule has 0 spiro atoms. The van der Waals surface area contributed by atoms with Crippen molar-refractivity contribution in [3.8, 4) is 11.5 Å². The predicted molar refractivity (Wildman–Crippen MR) is 72.7 cm³/mol. The topological polar surface area (TPSA) is 38.7 Å². The van der Waals surface area contributed by atoms with Crippen molar-refractivity contribution in [2.45, 2.75) is 13.0 Å². The molecule has 2 rings (SSSR count). The lowest BCUT2D eigenvalue weighted by atomic mass is 10.1. The maximum absolute atomic E-state index is 10.3. The zero-order valence-corrected chi connectivity index (χ0v) is 11.5. The maximum Gasteiger partial charge on any atom is 0.161 e. The number of aryl methyl sites for hydroxylation is 1. The van der Waals surface area contributed by atoms with Crippen LogP contribution in [0.1, 0.15) is 21.4 Å². The second kappa shape index (κ2) is 5.42. The Bertz CT molecular complexity index is 534. The van der Waals surface area contributed by atoms with E-state index in [0.29, 0.717) is 11.5 Å². The van der Waals surface area contributed by atoms with E-state index in [4.69, 9.17) is 9.47 Å². The molecule has 0 aliphatic heterocycles. The number of methoxy groups -OCH3 is 2. The molecule has 1 aromatic carbocycles. The lowest BCUT2D eigenvalue weighted by Gasteiger charge is -2.13. The third-order valence-electron chi connectivity index (χ3n) is 2.75. The fraction of sp³-hybridized carbons (Fsp3) is 0.286. The quantitative estimate of drug-likeness (QED) is 0.922. The molecule has 0 bridgehead atoms. The van der Waals surface area contributed by atoms with Gasteiger partial charge in [-0.3, -0.25) is 0 Å². The van der Waals surface area contributed by atoms with E-state index in [0.717, 1.165) is 10.4 Å². The molecule has 1 N–H and O–H groups in total. The lowest BCUT2D eigenvalue weighted by molar-refractivity contribution is 0.223. The molecule has 96 valence electrons. The lowest BCUT2D eigenvalue weighted by Crippen LogP contribution is -1.99. The van der Waals surface area contributed by atoms with Crippen LogP contribution in [0.5, 0.6) is 11.5 Å². The molecule has 1 atom stereocenters. The van der Waals surface area contributed by atoms with Crippen molar-refractivity contribution in [3.63, 3.8) is 0 Å². The monoisotopic (exact) mass is 264 g/mol. The summed E-state index contributed by atoms with van der Waals surface area (Å²) in [5.74, 6) is 1.29. The van der Waals surface area contributed by atoms with E-state index >= 15 is 0 Å². The number of hydrogen-bond donors (Lipinski definition) is 1. The van der Waals surface area contributed by atoms with Crippen molar-refractivity contribution >= 4 is 11.3 Å². The largest absolute Gasteiger partial charge is 0.493 e. The summed E-state index contributed by atoms with van der Waals surface area (Å²) in [5, 5.41) is 10.3. The molecular formula is C14H16O3S. The number of thiophene rings is 1. The van der Waals surface area contributed by atoms with Crippen molar-refractivity contribution < 1.29 is 14.6 Å². The molecule has 3 nitrogen and oxygen atoms in total. The van der Waals surface area contributed by atoms with E-state index in [9.17, 15) is 5.11 Å². The van der Waals surface area contributed by atoms with Crippen molar-refractivity contribution in [2.75, 3.05) is 14.2 Å². The molecule has 0 radical (unpaired) electrons. The highest BCUT2D eigenvalue weighted by atomic mass is 32.1. The first kappa shape index (κ1) is 12.9. The van der Waals surface area contributed by atoms with Crippen molar-refractivity contribution in [3.05, 3.63) is 45.6 Å². The number of rotatable bonds is 4. The minimum absolute atomic E-state index is 0.622. The Kier molecular flexibility index (Phi) is 3.89. The summed E-state index contributed by atoms with van der Waals surface area (Å²) >= 11 is 1.59. The van der Waals surface area contributed by atoms with Crippen molar-refractivity contribution in [1.29, 1.82) is 0 Å². The Morgan fingerprint density at radius 1 is 1.06 bits per heavy atom. The Morgan fingerprint density at radius 2 is 1.78 bits per heavy atom. The molecule has 0 saturated heterocycles. The second-order valence-electron chi connectivity index (χ2n) is 3.97. The van der Waals surface area contributed by atoms with Crippen LogP contribution in [0.25, 0.3) is 0 Å². The van der Waals surface area contributed by atoms with Crippen LogP contribution in [-0.2, 0) is 0 Å². The number of aliphatic hydroxyl groups is 1. The Morgan fingerprint density at radius 3 is 2.33 bits per heavy atom. The number of aliphatic hydroxyl groups excluding tert-OH is 1. The fourth-order valence-corrected chi connectivity index (χ4v) is 2.68. The zero-order valence-electron chi connectivity index (χ0n) is 10.6. The number of hydrogen-bond acceptors (Lipinski definition) is 4. The van der Waals surface area contributed by atoms with Gasteiger partial charge in [0.25, 0.3) is 0 Å². The fourth-order valence-electron chi connectivity index (χ4n) is 1.79. The molecule has 2 aromatic rings. The summed E-state index contributed by atoms with van der Waals surface area (Å²) in [6.45, 7) is 2.02. The van der Waals surface area contributed by atoms with E-state index < -0.39 is 6.10 Å². The van der Waals surface area contributed by atoms with Crippen LogP contribution in [-0.4, -0.2) is 19.3 Å². The Balaban J connectivity index is 2.33. The summed E-state index contributed by atoms with van der Waals surface area (Å²) in [6.07, 6.45) is -0.622. The Hall–Kier alpha value is -1.52. The van der Waals surface area contributed by atoms with Gasteiger partial charge in [0.05, 0.1) is 14.2 Å². The van der Waals surface area contributed by atoms with Crippen molar-refractivity contribution in [2.24, 2.45) is 0 Å². The number of benzene rings is 1. The average molecular weight is 264 g/mol. The standard InChI is InChI=1S/C14H16O3S/c1-9-4-7-13(18-9)14(15)10-5-6-11(16-2)12(8-10)17-3/h4-8,14-15H,1-3H3. The smallest absolute Gasteiger partial charge is 0.161 e. The van der Waals surface area contributed by atoms with Gasteiger partial charge in [-0.15, -0.1) is 11.3 Å². The molecule has 18 heavy (non-hydrogen) atoms. The van der Waals surface area contributed by atoms with Gasteiger partial charge in [0, 0.05) is 9.75 Å². The average Bonchev–Trinajstić information content (AvgIpc) is 2.83. The molecular weight excluding hydrogens is 248 g/mol. The summed E-state index contributed by atoms with van der Waals surface area (Å²) < 4.78 is 10.4. The molecule has 1 heterocycles. The van der Waals surface area contributed by atoms with Gasteiger partial charge in [0.15, 0.2) is 11.5 Å². The van der Waals surface area contributed by atoms with Crippen LogP contribution in [0.2, 0.25) is 0 Å². The van der Waals surface area contributed by atoms with Gasteiger partial charge >= 0.3 is 0 Å². The van der Waals surface area contributed by atoms with Gasteiger partial charge in [-0.2, -0.15) is 0 Å². The minimum Gasteiger partial charge on any atom is -0.493 e. The molecule has 0 amide bonds. The normalized spacial score (nSPS) is 12.2. The SMILES string of the molecule is COc1ccc(C(O)c2ccc(C)s2)cc1OC. The van der Waals surface area contributed by atoms with E-state index in [1.165, 1.54) is 4.88 Å². The predicted octanol–water partition coefficient (Wildman–Crippen LogP) is 3.16. The van der Waals surface area contributed by atoms with Gasteiger partial charge in [-0.1, -0.05) is 6.07 Å². The summed E-state index contributed by atoms with van der Waals surface area (Å²) in [5.41, 5.74) is 0.800. The van der Waals surface area contributed by atoms with Crippen LogP contribution in [0.4, 0.5) is 0 Å². The molecule has 1 aromatic heterocycles. The van der Waals surface area contributed by atoms with Crippen LogP contribution >= 0.6 is 11.3 Å². The van der Waals surface area contributed by atoms with E-state index in [-0.39, 0.29) is 0 Å². The molecule has 0 aliphatic rings. The first-order chi connectivity index (χ1) is 8.65. The van der Waals surface area contributed by atoms with E-state index in [2.05, 4.69) is 0 Å². The van der Waals surface area contributed by atoms with E-state index in [1.54, 1.807) is 37.7 Å². The third-order valence-corrected chi connectivity index (χ3v) is 3.81. The second-order valence-corrected chi connectivity index (χ2v) is 5.28. The molecule has 0 fully saturated rings. The van der Waals surface area contributed by atoms with Crippen LogP contribution in [0, 0.1) is 6.92 Å². The highest BCUT2D eigenvalue weighted by Crippen LogP contribution is 2.34. The summed E-state index contributed by atoms with van der Waals surface area (Å²) in [7, 11) is 3.18. The molecule has 0 aliphatic carbocycles. The van der Waals surface area contributed by atoms with Gasteiger partial charge < -0.3 is 14.6 Å². The molecule has 4 heteroatoms. The summed E-state index contributed by atoms with van der Waals surface area (Å²) in [4.78, 5) is 2.12. The van der Waals surface area contributed by atoms with Gasteiger partial charge in [0.1, 0.15) is 6.10 Å². The molecule has 0 saturated carbocycles. The Labute approximate surface area is 111 Å². The number of ether oxygens (including phenoxy) is 2. The first-order valence-electron chi connectivity index (χ1n) is 5.62. The molecule has 1 unspecified atom stereocenters. The minimum atomic E-state index is -0.622. The van der Waals surface area contributed by atoms with Gasteiger partial charge in [-0.25, -0.2) is 0 Å².